The number of esters is 1. The summed E-state index contributed by atoms with van der Waals surface area (Å²) in [6, 6.07) is 7.59. The fourth-order valence-corrected chi connectivity index (χ4v) is 3.79. The van der Waals surface area contributed by atoms with Gasteiger partial charge >= 0.3 is 5.97 Å². The van der Waals surface area contributed by atoms with Gasteiger partial charge in [0.05, 0.1) is 4.92 Å². The van der Waals surface area contributed by atoms with E-state index in [4.69, 9.17) is 16.3 Å². The van der Waals surface area contributed by atoms with Gasteiger partial charge in [-0.25, -0.2) is 4.79 Å². The summed E-state index contributed by atoms with van der Waals surface area (Å²) in [5.41, 5.74) is -0.716. The van der Waals surface area contributed by atoms with Crippen LogP contribution in [0.3, 0.4) is 0 Å². The highest BCUT2D eigenvalue weighted by atomic mass is 35.5. The molecular weight excluding hydrogens is 400 g/mol. The van der Waals surface area contributed by atoms with Crippen LogP contribution in [0.4, 0.5) is 5.69 Å². The van der Waals surface area contributed by atoms with Gasteiger partial charge in [0.1, 0.15) is 5.56 Å². The normalized spacial score (nSPS) is 10.3. The van der Waals surface area contributed by atoms with Crippen LogP contribution in [0, 0.1) is 10.1 Å². The van der Waals surface area contributed by atoms with Crippen molar-refractivity contribution in [2.75, 3.05) is 18.9 Å². The minimum atomic E-state index is -0.971. The number of nitro benzene ring substituents is 1. The van der Waals surface area contributed by atoms with E-state index in [0.29, 0.717) is 6.54 Å². The van der Waals surface area contributed by atoms with Crippen LogP contribution in [-0.4, -0.2) is 35.7 Å². The molecule has 7 nitrogen and oxygen atoms in total. The third kappa shape index (κ3) is 6.32. The highest BCUT2D eigenvalue weighted by Crippen LogP contribution is 2.23. The highest BCUT2D eigenvalue weighted by molar-refractivity contribution is 7.98. The summed E-state index contributed by atoms with van der Waals surface area (Å²) in [5.74, 6) is 0.152. The molecular formula is C16H15ClN2O5S2. The van der Waals surface area contributed by atoms with Crippen molar-refractivity contribution >= 4 is 52.3 Å². The highest BCUT2D eigenvalue weighted by Gasteiger charge is 2.22. The number of carbonyl (C=O) groups excluding carboxylic acids is 2. The van der Waals surface area contributed by atoms with E-state index in [2.05, 4.69) is 5.32 Å². The van der Waals surface area contributed by atoms with Gasteiger partial charge in [0.15, 0.2) is 6.61 Å². The van der Waals surface area contributed by atoms with Crippen molar-refractivity contribution in [2.24, 2.45) is 0 Å². The molecule has 0 saturated heterocycles. The summed E-state index contributed by atoms with van der Waals surface area (Å²) in [5, 5.41) is 15.7. The average Bonchev–Trinajstić information content (AvgIpc) is 3.12. The number of ether oxygens (including phenoxy) is 1. The van der Waals surface area contributed by atoms with Crippen molar-refractivity contribution in [1.82, 2.24) is 5.32 Å². The fraction of sp³-hybridized carbons (Fsp3) is 0.250. The van der Waals surface area contributed by atoms with Gasteiger partial charge in [-0.15, -0.1) is 11.3 Å². The molecule has 0 aliphatic carbocycles. The number of thioether (sulfide) groups is 1. The molecule has 0 atom stereocenters. The first-order chi connectivity index (χ1) is 12.5. The van der Waals surface area contributed by atoms with Crippen molar-refractivity contribution in [3.05, 3.63) is 61.3 Å². The quantitative estimate of drug-likeness (QED) is 0.292. The zero-order valence-corrected chi connectivity index (χ0v) is 15.9. The molecule has 2 rings (SSSR count). The maximum Gasteiger partial charge on any atom is 0.345 e. The molecule has 2 aromatic rings. The summed E-state index contributed by atoms with van der Waals surface area (Å²) in [6.07, 6.45) is 0. The number of benzene rings is 1. The molecule has 0 spiro atoms. The number of hydrogen-bond donors (Lipinski definition) is 1. The Hall–Kier alpha value is -2.10. The Balaban J connectivity index is 1.72. The molecule has 1 heterocycles. The number of nitrogens with one attached hydrogen (secondary N) is 1. The number of nitrogens with zero attached hydrogens (tertiary/aromatic N) is 1. The number of amides is 1. The second-order valence-electron chi connectivity index (χ2n) is 4.98. The lowest BCUT2D eigenvalue weighted by atomic mass is 10.2. The lowest BCUT2D eigenvalue weighted by Crippen LogP contribution is -2.30. The molecule has 0 bridgehead atoms. The van der Waals surface area contributed by atoms with Gasteiger partial charge < -0.3 is 10.1 Å². The van der Waals surface area contributed by atoms with Gasteiger partial charge in [-0.05, 0) is 23.6 Å². The van der Waals surface area contributed by atoms with Crippen LogP contribution < -0.4 is 5.32 Å². The van der Waals surface area contributed by atoms with Crippen LogP contribution in [0.25, 0.3) is 0 Å². The lowest BCUT2D eigenvalue weighted by molar-refractivity contribution is -0.385. The van der Waals surface area contributed by atoms with E-state index >= 15 is 0 Å². The molecule has 26 heavy (non-hydrogen) atoms. The van der Waals surface area contributed by atoms with Crippen LogP contribution in [0.15, 0.2) is 35.7 Å². The van der Waals surface area contributed by atoms with Crippen molar-refractivity contribution in [1.29, 1.82) is 0 Å². The van der Waals surface area contributed by atoms with E-state index in [1.54, 1.807) is 23.1 Å². The van der Waals surface area contributed by atoms with E-state index in [0.717, 1.165) is 23.6 Å². The molecule has 1 N–H and O–H groups in total. The zero-order chi connectivity index (χ0) is 18.9. The van der Waals surface area contributed by atoms with Gasteiger partial charge in [0, 0.05) is 34.0 Å². The van der Waals surface area contributed by atoms with Crippen molar-refractivity contribution in [2.45, 2.75) is 5.75 Å². The number of carbonyl (C=O) groups is 2. The predicted molar refractivity (Wildman–Crippen MR) is 102 cm³/mol. The van der Waals surface area contributed by atoms with Crippen LogP contribution in [0.5, 0.6) is 0 Å². The van der Waals surface area contributed by atoms with Crippen LogP contribution in [-0.2, 0) is 15.3 Å². The third-order valence-electron chi connectivity index (χ3n) is 3.10. The number of rotatable bonds is 9. The zero-order valence-electron chi connectivity index (χ0n) is 13.5. The van der Waals surface area contributed by atoms with E-state index in [9.17, 15) is 19.7 Å². The SMILES string of the molecule is O=C(COC(=O)c1cc(Cl)ccc1[N+](=O)[O-])NCCSCc1cccs1. The van der Waals surface area contributed by atoms with Gasteiger partial charge in [0.25, 0.3) is 11.6 Å². The van der Waals surface area contributed by atoms with Gasteiger partial charge in [-0.1, -0.05) is 17.7 Å². The summed E-state index contributed by atoms with van der Waals surface area (Å²) in [4.78, 5) is 35.2. The number of nitro groups is 1. The Bertz CT molecular complexity index is 783. The van der Waals surface area contributed by atoms with E-state index < -0.39 is 29.1 Å². The van der Waals surface area contributed by atoms with Crippen molar-refractivity contribution < 1.29 is 19.2 Å². The smallest absolute Gasteiger partial charge is 0.345 e. The summed E-state index contributed by atoms with van der Waals surface area (Å²) < 4.78 is 4.83. The standard InChI is InChI=1S/C16H15ClN2O5S2/c17-11-3-4-14(19(22)23)13(8-11)16(21)24-9-15(20)18-5-7-25-10-12-2-1-6-26-12/h1-4,6,8H,5,7,9-10H2,(H,18,20). The monoisotopic (exact) mass is 414 g/mol. The Kier molecular flexibility index (Phi) is 7.89. The van der Waals surface area contributed by atoms with Gasteiger partial charge in [-0.2, -0.15) is 11.8 Å². The van der Waals surface area contributed by atoms with Gasteiger partial charge in [-0.3, -0.25) is 14.9 Å². The molecule has 0 unspecified atom stereocenters. The van der Waals surface area contributed by atoms with E-state index in [1.807, 2.05) is 17.5 Å². The Morgan fingerprint density at radius 1 is 1.35 bits per heavy atom. The summed E-state index contributed by atoms with van der Waals surface area (Å²) in [7, 11) is 0. The van der Waals surface area contributed by atoms with E-state index in [-0.39, 0.29) is 10.6 Å². The average molecular weight is 415 g/mol. The molecule has 1 amide bonds. The molecule has 0 saturated carbocycles. The molecule has 0 aliphatic heterocycles. The number of hydrogen-bond acceptors (Lipinski definition) is 7. The minimum absolute atomic E-state index is 0.162. The molecule has 138 valence electrons. The topological polar surface area (TPSA) is 98.5 Å². The fourth-order valence-electron chi connectivity index (χ4n) is 1.92. The molecule has 0 radical (unpaired) electrons. The minimum Gasteiger partial charge on any atom is -0.452 e. The Morgan fingerprint density at radius 3 is 2.85 bits per heavy atom. The molecule has 1 aromatic heterocycles. The summed E-state index contributed by atoms with van der Waals surface area (Å²) >= 11 is 9.11. The van der Waals surface area contributed by atoms with E-state index in [1.165, 1.54) is 10.9 Å². The summed E-state index contributed by atoms with van der Waals surface area (Å²) in [6.45, 7) is -0.0815. The van der Waals surface area contributed by atoms with Crippen molar-refractivity contribution in [3.63, 3.8) is 0 Å². The maximum atomic E-state index is 12.0. The first-order valence-electron chi connectivity index (χ1n) is 7.45. The van der Waals surface area contributed by atoms with Crippen LogP contribution in [0.1, 0.15) is 15.2 Å². The van der Waals surface area contributed by atoms with Gasteiger partial charge in [0.2, 0.25) is 0 Å². The first-order valence-corrected chi connectivity index (χ1v) is 9.86. The molecule has 10 heteroatoms. The Morgan fingerprint density at radius 2 is 2.15 bits per heavy atom. The predicted octanol–water partition coefficient (Wildman–Crippen LogP) is 3.52. The number of thiophene rings is 1. The van der Waals surface area contributed by atoms with Crippen molar-refractivity contribution in [3.8, 4) is 0 Å². The second-order valence-corrected chi connectivity index (χ2v) is 7.55. The molecule has 1 aromatic carbocycles. The molecule has 0 fully saturated rings. The number of halogens is 1. The van der Waals surface area contributed by atoms with Crippen LogP contribution in [0.2, 0.25) is 5.02 Å². The van der Waals surface area contributed by atoms with Crippen LogP contribution >= 0.6 is 34.7 Å². The second kappa shape index (κ2) is 10.1. The maximum absolute atomic E-state index is 12.0. The lowest BCUT2D eigenvalue weighted by Gasteiger charge is -2.07. The Labute approximate surface area is 162 Å². The molecule has 0 aliphatic rings. The first kappa shape index (κ1) is 20.2. The third-order valence-corrected chi connectivity index (χ3v) is 5.40. The largest absolute Gasteiger partial charge is 0.452 e.